The van der Waals surface area contributed by atoms with Gasteiger partial charge in [-0.3, -0.25) is 4.79 Å². The van der Waals surface area contributed by atoms with E-state index in [0.717, 1.165) is 5.56 Å². The molecular formula is C20H18FN5OS. The van der Waals surface area contributed by atoms with Gasteiger partial charge in [0.25, 0.3) is 0 Å². The first-order valence-electron chi connectivity index (χ1n) is 8.70. The van der Waals surface area contributed by atoms with E-state index in [9.17, 15) is 9.18 Å². The summed E-state index contributed by atoms with van der Waals surface area (Å²) in [5.74, 6) is 0.155. The summed E-state index contributed by atoms with van der Waals surface area (Å²) < 4.78 is 15.5. The van der Waals surface area contributed by atoms with E-state index in [0.29, 0.717) is 33.7 Å². The number of allylic oxidation sites excluding steroid dienone is 1. The molecule has 0 radical (unpaired) electrons. The molecule has 1 amide bonds. The highest BCUT2D eigenvalue weighted by molar-refractivity contribution is 7.98. The monoisotopic (exact) mass is 395 g/mol. The number of halogens is 1. The topological polar surface area (TPSA) is 85.8 Å². The van der Waals surface area contributed by atoms with E-state index < -0.39 is 11.9 Å². The molecule has 3 aromatic rings. The maximum atomic E-state index is 13.9. The molecule has 6 nitrogen and oxygen atoms in total. The SMILES string of the molecule is CC1=C(C(N)=O)C(c2ccccc2)n2nc(SCc3ccccc3F)nc2N1. The second-order valence-electron chi connectivity index (χ2n) is 6.38. The zero-order valence-electron chi connectivity index (χ0n) is 15.1. The Morgan fingerprint density at radius 3 is 2.64 bits per heavy atom. The second-order valence-corrected chi connectivity index (χ2v) is 7.33. The van der Waals surface area contributed by atoms with Crippen molar-refractivity contribution < 1.29 is 9.18 Å². The lowest BCUT2D eigenvalue weighted by atomic mass is 9.95. The number of hydrogen-bond acceptors (Lipinski definition) is 5. The minimum Gasteiger partial charge on any atom is -0.366 e. The van der Waals surface area contributed by atoms with Gasteiger partial charge in [0.15, 0.2) is 0 Å². The van der Waals surface area contributed by atoms with Crippen LogP contribution in [0.5, 0.6) is 0 Å². The minimum absolute atomic E-state index is 0.257. The second kappa shape index (κ2) is 7.47. The van der Waals surface area contributed by atoms with E-state index in [2.05, 4.69) is 15.4 Å². The minimum atomic E-state index is -0.513. The first-order valence-corrected chi connectivity index (χ1v) is 9.68. The van der Waals surface area contributed by atoms with E-state index in [1.165, 1.54) is 17.8 Å². The van der Waals surface area contributed by atoms with Crippen LogP contribution in [0.25, 0.3) is 0 Å². The Labute approximate surface area is 165 Å². The fraction of sp³-hybridized carbons (Fsp3) is 0.150. The van der Waals surface area contributed by atoms with Crippen LogP contribution in [-0.2, 0) is 10.5 Å². The molecule has 8 heteroatoms. The third-order valence-corrected chi connectivity index (χ3v) is 5.42. The highest BCUT2D eigenvalue weighted by atomic mass is 32.2. The number of benzene rings is 2. The van der Waals surface area contributed by atoms with Crippen molar-refractivity contribution in [3.05, 3.63) is 82.8 Å². The van der Waals surface area contributed by atoms with Crippen molar-refractivity contribution in [2.45, 2.75) is 23.9 Å². The predicted octanol–water partition coefficient (Wildman–Crippen LogP) is 3.48. The molecule has 4 rings (SSSR count). The zero-order chi connectivity index (χ0) is 19.7. The molecule has 1 unspecified atom stereocenters. The number of nitrogens with one attached hydrogen (secondary N) is 1. The molecular weight excluding hydrogens is 377 g/mol. The van der Waals surface area contributed by atoms with Gasteiger partial charge in [0.2, 0.25) is 17.0 Å². The molecule has 1 aliphatic rings. The summed E-state index contributed by atoms with van der Waals surface area (Å²) in [4.78, 5) is 16.6. The number of amides is 1. The number of aromatic nitrogens is 3. The molecule has 0 saturated heterocycles. The molecule has 3 N–H and O–H groups in total. The number of carbonyl (C=O) groups excluding carboxylic acids is 1. The third-order valence-electron chi connectivity index (χ3n) is 4.53. The Hall–Kier alpha value is -3.13. The van der Waals surface area contributed by atoms with Crippen molar-refractivity contribution in [1.82, 2.24) is 14.8 Å². The van der Waals surface area contributed by atoms with Crippen LogP contribution in [-0.4, -0.2) is 20.7 Å². The van der Waals surface area contributed by atoms with Gasteiger partial charge in [0.05, 0.1) is 5.57 Å². The summed E-state index contributed by atoms with van der Waals surface area (Å²) in [6.45, 7) is 1.79. The number of fused-ring (bicyclic) bond motifs is 1. The first kappa shape index (κ1) is 18.2. The fourth-order valence-electron chi connectivity index (χ4n) is 3.21. The van der Waals surface area contributed by atoms with Gasteiger partial charge in [0.1, 0.15) is 11.9 Å². The van der Waals surface area contributed by atoms with Gasteiger partial charge in [-0.2, -0.15) is 4.98 Å². The van der Waals surface area contributed by atoms with Crippen LogP contribution in [0.3, 0.4) is 0 Å². The molecule has 0 aliphatic carbocycles. The molecule has 0 saturated carbocycles. The Balaban J connectivity index is 1.68. The fourth-order valence-corrected chi connectivity index (χ4v) is 4.03. The summed E-state index contributed by atoms with van der Waals surface area (Å²) in [6.07, 6.45) is 0. The molecule has 142 valence electrons. The number of nitrogens with two attached hydrogens (primary N) is 1. The lowest BCUT2D eigenvalue weighted by Gasteiger charge is -2.27. The van der Waals surface area contributed by atoms with Crippen LogP contribution in [0.2, 0.25) is 0 Å². The molecule has 2 aromatic carbocycles. The highest BCUT2D eigenvalue weighted by Gasteiger charge is 2.33. The van der Waals surface area contributed by atoms with Crippen molar-refractivity contribution >= 4 is 23.6 Å². The lowest BCUT2D eigenvalue weighted by Crippen LogP contribution is -2.31. The van der Waals surface area contributed by atoms with Crippen molar-refractivity contribution in [2.75, 3.05) is 5.32 Å². The Morgan fingerprint density at radius 1 is 1.21 bits per heavy atom. The van der Waals surface area contributed by atoms with Gasteiger partial charge < -0.3 is 11.1 Å². The Kier molecular flexibility index (Phi) is 4.87. The van der Waals surface area contributed by atoms with Crippen LogP contribution in [0, 0.1) is 5.82 Å². The number of rotatable bonds is 5. The zero-order valence-corrected chi connectivity index (χ0v) is 15.9. The van der Waals surface area contributed by atoms with E-state index in [4.69, 9.17) is 5.73 Å². The average Bonchev–Trinajstić information content (AvgIpc) is 3.09. The normalized spacial score (nSPS) is 15.9. The van der Waals surface area contributed by atoms with Gasteiger partial charge in [-0.1, -0.05) is 60.3 Å². The summed E-state index contributed by atoms with van der Waals surface area (Å²) in [5.41, 5.74) is 8.21. The molecule has 1 aromatic heterocycles. The van der Waals surface area contributed by atoms with Gasteiger partial charge in [-0.05, 0) is 24.1 Å². The van der Waals surface area contributed by atoms with Crippen LogP contribution in [0.4, 0.5) is 10.3 Å². The predicted molar refractivity (Wildman–Crippen MR) is 106 cm³/mol. The molecule has 28 heavy (non-hydrogen) atoms. The van der Waals surface area contributed by atoms with Gasteiger partial charge in [-0.25, -0.2) is 9.07 Å². The maximum absolute atomic E-state index is 13.9. The number of carbonyl (C=O) groups is 1. The molecule has 0 bridgehead atoms. The Morgan fingerprint density at radius 2 is 1.93 bits per heavy atom. The molecule has 1 atom stereocenters. The molecule has 2 heterocycles. The number of anilines is 1. The molecule has 0 spiro atoms. The van der Waals surface area contributed by atoms with Crippen molar-refractivity contribution in [3.63, 3.8) is 0 Å². The first-order chi connectivity index (χ1) is 13.5. The van der Waals surface area contributed by atoms with Gasteiger partial charge in [-0.15, -0.1) is 5.10 Å². The van der Waals surface area contributed by atoms with Crippen LogP contribution in [0.15, 0.2) is 71.0 Å². The molecule has 1 aliphatic heterocycles. The van der Waals surface area contributed by atoms with Crippen molar-refractivity contribution in [3.8, 4) is 0 Å². The Bertz CT molecular complexity index is 1060. The summed E-state index contributed by atoms with van der Waals surface area (Å²) in [7, 11) is 0. The average molecular weight is 395 g/mol. The van der Waals surface area contributed by atoms with Crippen LogP contribution < -0.4 is 11.1 Å². The van der Waals surface area contributed by atoms with E-state index in [-0.39, 0.29) is 5.82 Å². The molecule has 0 fully saturated rings. The standard InChI is InChI=1S/C20H18FN5OS/c1-12-16(18(22)27)17(13-7-3-2-4-8-13)26-19(23-12)24-20(25-26)28-11-14-9-5-6-10-15(14)21/h2-10,17H,11H2,1H3,(H2,22,27)(H,23,24,25). The lowest BCUT2D eigenvalue weighted by molar-refractivity contribution is -0.115. The van der Waals surface area contributed by atoms with Gasteiger partial charge >= 0.3 is 0 Å². The smallest absolute Gasteiger partial charge is 0.248 e. The summed E-state index contributed by atoms with van der Waals surface area (Å²) in [5, 5.41) is 8.15. The van der Waals surface area contributed by atoms with E-state index in [1.807, 2.05) is 30.3 Å². The van der Waals surface area contributed by atoms with Crippen LogP contribution >= 0.6 is 11.8 Å². The number of thioether (sulfide) groups is 1. The highest BCUT2D eigenvalue weighted by Crippen LogP contribution is 2.36. The van der Waals surface area contributed by atoms with Gasteiger partial charge in [0, 0.05) is 11.4 Å². The van der Waals surface area contributed by atoms with Crippen LogP contribution in [0.1, 0.15) is 24.1 Å². The summed E-state index contributed by atoms with van der Waals surface area (Å²) >= 11 is 1.33. The third kappa shape index (κ3) is 3.38. The largest absolute Gasteiger partial charge is 0.366 e. The van der Waals surface area contributed by atoms with Crippen molar-refractivity contribution in [1.29, 1.82) is 0 Å². The van der Waals surface area contributed by atoms with E-state index in [1.54, 1.807) is 29.8 Å². The number of nitrogens with zero attached hydrogens (tertiary/aromatic N) is 3. The summed E-state index contributed by atoms with van der Waals surface area (Å²) in [6, 6.07) is 15.7. The quantitative estimate of drug-likeness (QED) is 0.646. The maximum Gasteiger partial charge on any atom is 0.248 e. The van der Waals surface area contributed by atoms with Crippen molar-refractivity contribution in [2.24, 2.45) is 5.73 Å². The van der Waals surface area contributed by atoms with E-state index >= 15 is 0 Å². The number of primary amides is 1. The number of hydrogen-bond donors (Lipinski definition) is 2.